The van der Waals surface area contributed by atoms with Gasteiger partial charge in [0, 0.05) is 18.3 Å². The molecule has 0 spiro atoms. The van der Waals surface area contributed by atoms with Crippen LogP contribution in [0.4, 0.5) is 9.59 Å². The van der Waals surface area contributed by atoms with Gasteiger partial charge in [-0.15, -0.1) is 0 Å². The fraction of sp³-hybridized carbons (Fsp3) is 0.282. The Morgan fingerprint density at radius 1 is 0.646 bits per heavy atom. The summed E-state index contributed by atoms with van der Waals surface area (Å²) in [5, 5.41) is 9.50. The van der Waals surface area contributed by atoms with Gasteiger partial charge in [-0.2, -0.15) is 4.90 Å². The van der Waals surface area contributed by atoms with Gasteiger partial charge in [0.15, 0.2) is 0 Å². The van der Waals surface area contributed by atoms with Crippen molar-refractivity contribution in [2.24, 2.45) is 0 Å². The molecule has 0 saturated carbocycles. The Bertz CT molecular complexity index is 1670. The number of carbonyl (C=O) groups excluding carboxylic acids is 3. The zero-order valence-corrected chi connectivity index (χ0v) is 27.1. The summed E-state index contributed by atoms with van der Waals surface area (Å²) in [5.74, 6) is -2.77. The van der Waals surface area contributed by atoms with Gasteiger partial charge in [0.25, 0.3) is 0 Å². The first kappa shape index (κ1) is 32.5. The van der Waals surface area contributed by atoms with E-state index in [4.69, 9.17) is 14.2 Å². The summed E-state index contributed by atoms with van der Waals surface area (Å²) in [4.78, 5) is 53.7. The van der Waals surface area contributed by atoms with Crippen LogP contribution in [0.1, 0.15) is 67.7 Å². The minimum Gasteiger partial charge on any atom is -0.481 e. The Balaban J connectivity index is 1.29. The molecule has 1 atom stereocenters. The van der Waals surface area contributed by atoms with Crippen molar-refractivity contribution in [2.75, 3.05) is 13.2 Å². The van der Waals surface area contributed by atoms with Crippen molar-refractivity contribution in [1.29, 1.82) is 0 Å². The number of ether oxygens (including phenoxy) is 3. The maximum absolute atomic E-state index is 14.0. The van der Waals surface area contributed by atoms with Crippen LogP contribution in [0.25, 0.3) is 22.3 Å². The zero-order valence-electron chi connectivity index (χ0n) is 27.1. The number of hydrogen-bond acceptors (Lipinski definition) is 7. The second-order valence-electron chi connectivity index (χ2n) is 13.0. The summed E-state index contributed by atoms with van der Waals surface area (Å²) < 4.78 is 17.2. The van der Waals surface area contributed by atoms with Crippen LogP contribution in [0, 0.1) is 0 Å². The molecule has 9 heteroatoms. The average molecular weight is 648 g/mol. The zero-order chi connectivity index (χ0) is 34.0. The highest BCUT2D eigenvalue weighted by molar-refractivity contribution is 5.94. The summed E-state index contributed by atoms with van der Waals surface area (Å²) >= 11 is 0. The molecule has 0 aromatic heterocycles. The summed E-state index contributed by atoms with van der Waals surface area (Å²) in [7, 11) is 0. The predicted molar refractivity (Wildman–Crippen MR) is 178 cm³/mol. The molecule has 2 aliphatic rings. The molecule has 48 heavy (non-hydrogen) atoms. The number of carboxylic acids is 1. The highest BCUT2D eigenvalue weighted by Gasteiger charge is 2.41. The number of nitrogens with zero attached hydrogens (tertiary/aromatic N) is 1. The molecule has 2 amide bonds. The van der Waals surface area contributed by atoms with E-state index in [2.05, 4.69) is 0 Å². The first-order valence-electron chi connectivity index (χ1n) is 16.0. The van der Waals surface area contributed by atoms with Gasteiger partial charge in [-0.1, -0.05) is 97.1 Å². The van der Waals surface area contributed by atoms with Gasteiger partial charge in [0.05, 0.1) is 0 Å². The van der Waals surface area contributed by atoms with Crippen molar-refractivity contribution in [3.8, 4) is 22.3 Å². The number of hydrogen-bond donors (Lipinski definition) is 1. The molecule has 0 fully saturated rings. The topological polar surface area (TPSA) is 119 Å². The molecule has 9 nitrogen and oxygen atoms in total. The first-order chi connectivity index (χ1) is 23.0. The van der Waals surface area contributed by atoms with Crippen molar-refractivity contribution < 1.29 is 38.5 Å². The lowest BCUT2D eigenvalue weighted by Crippen LogP contribution is -2.51. The molecule has 0 radical (unpaired) electrons. The molecule has 0 bridgehead atoms. The average Bonchev–Trinajstić information content (AvgIpc) is 3.56. The molecule has 4 aromatic carbocycles. The molecular formula is C39H37NO8. The van der Waals surface area contributed by atoms with Crippen LogP contribution in [-0.4, -0.2) is 59.0 Å². The van der Waals surface area contributed by atoms with Gasteiger partial charge in [0.2, 0.25) is 0 Å². The molecule has 0 saturated heterocycles. The number of benzene rings is 4. The molecule has 0 unspecified atom stereocenters. The van der Waals surface area contributed by atoms with Crippen LogP contribution in [0.5, 0.6) is 0 Å². The van der Waals surface area contributed by atoms with E-state index in [9.17, 15) is 24.3 Å². The van der Waals surface area contributed by atoms with Crippen LogP contribution < -0.4 is 0 Å². The van der Waals surface area contributed by atoms with Crippen LogP contribution in [0.3, 0.4) is 0 Å². The molecule has 0 aliphatic heterocycles. The van der Waals surface area contributed by atoms with E-state index in [1.54, 1.807) is 20.8 Å². The van der Waals surface area contributed by atoms with Crippen LogP contribution in [0.2, 0.25) is 0 Å². The minimum absolute atomic E-state index is 0.125. The third-order valence-corrected chi connectivity index (χ3v) is 8.69. The Morgan fingerprint density at radius 3 is 1.33 bits per heavy atom. The Hall–Kier alpha value is -5.44. The number of aliphatic carboxylic acids is 1. The second kappa shape index (κ2) is 13.4. The highest BCUT2D eigenvalue weighted by Crippen LogP contribution is 2.46. The van der Waals surface area contributed by atoms with Gasteiger partial charge >= 0.3 is 24.1 Å². The number of carbonyl (C=O) groups is 4. The van der Waals surface area contributed by atoms with Gasteiger partial charge in [-0.25, -0.2) is 14.4 Å². The van der Waals surface area contributed by atoms with Crippen LogP contribution in [-0.2, 0) is 23.8 Å². The molecule has 4 aromatic rings. The number of fused-ring (bicyclic) bond motifs is 6. The van der Waals surface area contributed by atoms with E-state index < -0.39 is 48.6 Å². The van der Waals surface area contributed by atoms with E-state index in [1.165, 1.54) is 0 Å². The smallest absolute Gasteiger partial charge is 0.420 e. The van der Waals surface area contributed by atoms with E-state index in [-0.39, 0.29) is 25.0 Å². The maximum atomic E-state index is 14.0. The number of esters is 1. The van der Waals surface area contributed by atoms with Crippen molar-refractivity contribution in [3.63, 3.8) is 0 Å². The fourth-order valence-electron chi connectivity index (χ4n) is 6.64. The monoisotopic (exact) mass is 647 g/mol. The lowest BCUT2D eigenvalue weighted by atomic mass is 9.98. The minimum atomic E-state index is -1.60. The molecule has 2 aliphatic carbocycles. The Kier molecular flexibility index (Phi) is 9.04. The molecule has 0 heterocycles. The normalized spacial score (nSPS) is 13.8. The van der Waals surface area contributed by atoms with Crippen molar-refractivity contribution in [1.82, 2.24) is 4.90 Å². The first-order valence-corrected chi connectivity index (χ1v) is 16.0. The van der Waals surface area contributed by atoms with Crippen molar-refractivity contribution in [2.45, 2.75) is 57.1 Å². The summed E-state index contributed by atoms with van der Waals surface area (Å²) in [6.07, 6.45) is -3.16. The highest BCUT2D eigenvalue weighted by atomic mass is 16.6. The Labute approximate surface area is 279 Å². The SMILES string of the molecule is CC(C)(C)OC(=O)[C@H](CCC(=O)O)N(C(=O)OCC1c2ccccc2-c2ccccc21)C(=O)OCC1c2ccccc2-c2ccccc21. The molecular weight excluding hydrogens is 610 g/mol. The van der Waals surface area contributed by atoms with E-state index in [0.717, 1.165) is 44.5 Å². The molecule has 1 N–H and O–H groups in total. The number of carboxylic acid groups (broad SMARTS) is 1. The standard InChI is InChI=1S/C39H37NO8/c1-39(2,3)48-36(43)34(20-21-35(41)42)40(37(44)46-22-32-28-16-8-4-12-24(28)25-13-5-9-17-29(25)32)38(45)47-23-33-30-18-10-6-14-26(30)27-15-7-11-19-31(27)33/h4-19,32-34H,20-23H2,1-3H3,(H,41,42)/t34-/m0/s1. The van der Waals surface area contributed by atoms with Gasteiger partial charge in [0.1, 0.15) is 24.9 Å². The maximum Gasteiger partial charge on any atom is 0.420 e. The molecule has 6 rings (SSSR count). The molecule has 246 valence electrons. The number of imide groups is 1. The largest absolute Gasteiger partial charge is 0.481 e. The fourth-order valence-corrected chi connectivity index (χ4v) is 6.64. The van der Waals surface area contributed by atoms with Crippen molar-refractivity contribution >= 4 is 24.1 Å². The van der Waals surface area contributed by atoms with E-state index in [0.29, 0.717) is 4.90 Å². The lowest BCUT2D eigenvalue weighted by Gasteiger charge is -2.30. The van der Waals surface area contributed by atoms with Crippen LogP contribution in [0.15, 0.2) is 97.1 Å². The van der Waals surface area contributed by atoms with E-state index in [1.807, 2.05) is 97.1 Å². The van der Waals surface area contributed by atoms with Crippen LogP contribution >= 0.6 is 0 Å². The van der Waals surface area contributed by atoms with Crippen molar-refractivity contribution in [3.05, 3.63) is 119 Å². The van der Waals surface area contributed by atoms with Gasteiger partial charge in [-0.3, -0.25) is 4.79 Å². The van der Waals surface area contributed by atoms with E-state index >= 15 is 0 Å². The third-order valence-electron chi connectivity index (χ3n) is 8.69. The van der Waals surface area contributed by atoms with Gasteiger partial charge in [-0.05, 0) is 71.7 Å². The summed E-state index contributed by atoms with van der Waals surface area (Å²) in [6, 6.07) is 29.7. The number of rotatable bonds is 9. The summed E-state index contributed by atoms with van der Waals surface area (Å²) in [5.41, 5.74) is 6.98. The number of amides is 2. The third kappa shape index (κ3) is 6.53. The second-order valence-corrected chi connectivity index (χ2v) is 13.0. The van der Waals surface area contributed by atoms with Gasteiger partial charge < -0.3 is 19.3 Å². The quantitative estimate of drug-likeness (QED) is 0.145. The Morgan fingerprint density at radius 2 is 1.00 bits per heavy atom. The summed E-state index contributed by atoms with van der Waals surface area (Å²) in [6.45, 7) is 4.68. The lowest BCUT2D eigenvalue weighted by molar-refractivity contribution is -0.160. The predicted octanol–water partition coefficient (Wildman–Crippen LogP) is 7.76.